The number of thiazole rings is 1. The molecular formula is C22H19ClN4O3S. The van der Waals surface area contributed by atoms with E-state index in [0.29, 0.717) is 16.7 Å². The van der Waals surface area contributed by atoms with Crippen LogP contribution in [0.4, 0.5) is 5.13 Å². The highest BCUT2D eigenvalue weighted by atomic mass is 35.5. The van der Waals surface area contributed by atoms with Crippen LogP contribution in [0.5, 0.6) is 11.9 Å². The van der Waals surface area contributed by atoms with E-state index in [2.05, 4.69) is 9.97 Å². The predicted molar refractivity (Wildman–Crippen MR) is 121 cm³/mol. The molecule has 0 unspecified atom stereocenters. The Hall–Kier alpha value is -3.23. The van der Waals surface area contributed by atoms with Gasteiger partial charge in [-0.1, -0.05) is 59.3 Å². The van der Waals surface area contributed by atoms with Gasteiger partial charge in [0.05, 0.1) is 36.0 Å². The van der Waals surface area contributed by atoms with Crippen LogP contribution in [0, 0.1) is 6.92 Å². The molecule has 31 heavy (non-hydrogen) atoms. The van der Waals surface area contributed by atoms with Crippen molar-refractivity contribution in [2.75, 3.05) is 19.1 Å². The first-order chi connectivity index (χ1) is 15.0. The highest BCUT2D eigenvalue weighted by Crippen LogP contribution is 2.36. The summed E-state index contributed by atoms with van der Waals surface area (Å²) in [6.07, 6.45) is 0. The van der Waals surface area contributed by atoms with Crippen molar-refractivity contribution in [1.29, 1.82) is 0 Å². The third kappa shape index (κ3) is 4.30. The number of aryl methyl sites for hydroxylation is 1. The molecule has 0 saturated carbocycles. The molecule has 9 heteroatoms. The van der Waals surface area contributed by atoms with Crippen molar-refractivity contribution in [3.05, 3.63) is 70.4 Å². The van der Waals surface area contributed by atoms with E-state index in [1.807, 2.05) is 49.4 Å². The fourth-order valence-corrected chi connectivity index (χ4v) is 4.36. The highest BCUT2D eigenvalue weighted by Gasteiger charge is 2.25. The van der Waals surface area contributed by atoms with Crippen LogP contribution in [0.15, 0.2) is 48.5 Å². The number of methoxy groups -OCH3 is 2. The van der Waals surface area contributed by atoms with E-state index in [4.69, 9.17) is 26.1 Å². The molecule has 0 saturated heterocycles. The maximum atomic E-state index is 13.6. The van der Waals surface area contributed by atoms with Crippen LogP contribution in [-0.4, -0.2) is 35.1 Å². The van der Waals surface area contributed by atoms with Gasteiger partial charge in [-0.05, 0) is 24.1 Å². The van der Waals surface area contributed by atoms with E-state index in [0.717, 1.165) is 21.3 Å². The zero-order chi connectivity index (χ0) is 22.0. The fraction of sp³-hybridized carbons (Fsp3) is 0.182. The van der Waals surface area contributed by atoms with Gasteiger partial charge < -0.3 is 9.47 Å². The van der Waals surface area contributed by atoms with Crippen LogP contribution < -0.4 is 14.4 Å². The molecular weight excluding hydrogens is 436 g/mol. The van der Waals surface area contributed by atoms with Gasteiger partial charge in [-0.3, -0.25) is 9.69 Å². The van der Waals surface area contributed by atoms with Crippen molar-refractivity contribution < 1.29 is 14.3 Å². The minimum atomic E-state index is -0.351. The third-order valence-electron chi connectivity index (χ3n) is 4.64. The van der Waals surface area contributed by atoms with Gasteiger partial charge in [-0.25, -0.2) is 4.98 Å². The zero-order valence-corrected chi connectivity index (χ0v) is 18.7. The highest BCUT2D eigenvalue weighted by molar-refractivity contribution is 7.23. The number of benzene rings is 2. The summed E-state index contributed by atoms with van der Waals surface area (Å²) in [5.41, 5.74) is 2.85. The lowest BCUT2D eigenvalue weighted by Gasteiger charge is -2.20. The number of rotatable bonds is 6. The number of carbonyl (C=O) groups is 1. The van der Waals surface area contributed by atoms with Crippen LogP contribution in [0.2, 0.25) is 5.02 Å². The van der Waals surface area contributed by atoms with E-state index >= 15 is 0 Å². The Kier molecular flexibility index (Phi) is 6.01. The predicted octanol–water partition coefficient (Wildman–Crippen LogP) is 4.91. The van der Waals surface area contributed by atoms with Crippen LogP contribution in [0.3, 0.4) is 0 Å². The Morgan fingerprint density at radius 3 is 2.52 bits per heavy atom. The molecule has 7 nitrogen and oxygen atoms in total. The normalized spacial score (nSPS) is 10.8. The number of nitrogens with zero attached hydrogens (tertiary/aromatic N) is 4. The molecule has 0 N–H and O–H groups in total. The van der Waals surface area contributed by atoms with Crippen molar-refractivity contribution in [2.45, 2.75) is 13.5 Å². The summed E-state index contributed by atoms with van der Waals surface area (Å²) in [4.78, 5) is 28.2. The molecule has 0 aliphatic rings. The van der Waals surface area contributed by atoms with Crippen LogP contribution in [0.1, 0.15) is 21.6 Å². The lowest BCUT2D eigenvalue weighted by atomic mass is 10.2. The van der Waals surface area contributed by atoms with Crippen LogP contribution in [-0.2, 0) is 6.54 Å². The molecule has 2 aromatic carbocycles. The fourth-order valence-electron chi connectivity index (χ4n) is 3.05. The van der Waals surface area contributed by atoms with Crippen LogP contribution in [0.25, 0.3) is 10.2 Å². The second-order valence-electron chi connectivity index (χ2n) is 6.70. The number of ether oxygens (including phenoxy) is 2. The minimum absolute atomic E-state index is 0.0468. The summed E-state index contributed by atoms with van der Waals surface area (Å²) < 4.78 is 11.2. The number of halogens is 1. The summed E-state index contributed by atoms with van der Waals surface area (Å²) in [6.45, 7) is 2.27. The molecule has 1 amide bonds. The van der Waals surface area contributed by atoms with Crippen molar-refractivity contribution >= 4 is 44.2 Å². The first-order valence-electron chi connectivity index (χ1n) is 9.38. The molecule has 0 fully saturated rings. The number of carbonyl (C=O) groups excluding carboxylic acids is 1. The quantitative estimate of drug-likeness (QED) is 0.412. The van der Waals surface area contributed by atoms with E-state index in [1.165, 1.54) is 31.6 Å². The number of anilines is 1. The summed E-state index contributed by atoms with van der Waals surface area (Å²) >= 11 is 7.76. The van der Waals surface area contributed by atoms with Gasteiger partial charge >= 0.3 is 6.01 Å². The zero-order valence-electron chi connectivity index (χ0n) is 17.1. The number of aromatic nitrogens is 3. The molecule has 0 atom stereocenters. The van der Waals surface area contributed by atoms with Gasteiger partial charge in [0, 0.05) is 6.07 Å². The van der Waals surface area contributed by atoms with Gasteiger partial charge in [-0.15, -0.1) is 0 Å². The van der Waals surface area contributed by atoms with Gasteiger partial charge in [0.15, 0.2) is 5.13 Å². The first-order valence-corrected chi connectivity index (χ1v) is 10.6. The monoisotopic (exact) mass is 454 g/mol. The smallest absolute Gasteiger partial charge is 0.320 e. The molecule has 2 aromatic heterocycles. The Morgan fingerprint density at radius 1 is 1.06 bits per heavy atom. The van der Waals surface area contributed by atoms with Crippen molar-refractivity contribution in [3.63, 3.8) is 0 Å². The summed E-state index contributed by atoms with van der Waals surface area (Å²) in [5.74, 6) is -0.117. The Balaban J connectivity index is 1.83. The summed E-state index contributed by atoms with van der Waals surface area (Å²) in [6, 6.07) is 15.0. The number of hydrogen-bond donors (Lipinski definition) is 0. The average molecular weight is 455 g/mol. The maximum absolute atomic E-state index is 13.6. The summed E-state index contributed by atoms with van der Waals surface area (Å²) in [7, 11) is 2.90. The molecule has 4 aromatic rings. The molecule has 0 bridgehead atoms. The van der Waals surface area contributed by atoms with Gasteiger partial charge in [0.25, 0.3) is 5.91 Å². The van der Waals surface area contributed by atoms with Gasteiger partial charge in [0.1, 0.15) is 5.69 Å². The third-order valence-corrected chi connectivity index (χ3v) is 6.18. The van der Waals surface area contributed by atoms with Gasteiger partial charge in [0.2, 0.25) is 5.88 Å². The molecule has 4 rings (SSSR count). The Morgan fingerprint density at radius 2 is 1.84 bits per heavy atom. The van der Waals surface area contributed by atoms with E-state index in [9.17, 15) is 4.79 Å². The minimum Gasteiger partial charge on any atom is -0.481 e. The summed E-state index contributed by atoms with van der Waals surface area (Å²) in [5, 5.41) is 1.12. The maximum Gasteiger partial charge on any atom is 0.320 e. The molecule has 0 radical (unpaired) electrons. The lowest BCUT2D eigenvalue weighted by molar-refractivity contribution is 0.0978. The average Bonchev–Trinajstić information content (AvgIpc) is 3.26. The van der Waals surface area contributed by atoms with E-state index in [1.54, 1.807) is 4.90 Å². The molecule has 0 aliphatic heterocycles. The number of amides is 1. The number of hydrogen-bond acceptors (Lipinski definition) is 7. The molecule has 0 aliphatic carbocycles. The lowest BCUT2D eigenvalue weighted by Crippen LogP contribution is -2.31. The standard InChI is InChI=1S/C22H19ClN4O3S/c1-13-9-10-15(23)19-18(13)26-22(31-19)27(12-14-7-5-4-6-8-14)20(28)16-11-17(29-2)25-21(24-16)30-3/h4-11H,12H2,1-3H3. The Labute approximate surface area is 188 Å². The number of fused-ring (bicyclic) bond motifs is 1. The second-order valence-corrected chi connectivity index (χ2v) is 8.08. The molecule has 2 heterocycles. The topological polar surface area (TPSA) is 77.4 Å². The SMILES string of the molecule is COc1cc(C(=O)N(Cc2ccccc2)c2nc3c(C)ccc(Cl)c3s2)nc(OC)n1. The molecule has 158 valence electrons. The molecule has 0 spiro atoms. The van der Waals surface area contributed by atoms with Crippen LogP contribution >= 0.6 is 22.9 Å². The first kappa shape index (κ1) is 21.0. The van der Waals surface area contributed by atoms with Crippen molar-refractivity contribution in [1.82, 2.24) is 15.0 Å². The second kappa shape index (κ2) is 8.87. The van der Waals surface area contributed by atoms with Crippen molar-refractivity contribution in [2.24, 2.45) is 0 Å². The Bertz CT molecular complexity index is 1190. The van der Waals surface area contributed by atoms with Gasteiger partial charge in [-0.2, -0.15) is 9.97 Å². The van der Waals surface area contributed by atoms with E-state index in [-0.39, 0.29) is 23.5 Å². The van der Waals surface area contributed by atoms with E-state index < -0.39 is 0 Å². The largest absolute Gasteiger partial charge is 0.481 e. The van der Waals surface area contributed by atoms with Crippen molar-refractivity contribution in [3.8, 4) is 11.9 Å².